The number of halogens is 1. The fraction of sp³-hybridized carbons (Fsp3) is 0.294. The number of furan rings is 1. The first-order valence-electron chi connectivity index (χ1n) is 7.03. The van der Waals surface area contributed by atoms with Gasteiger partial charge in [0.25, 0.3) is 0 Å². The average Bonchev–Trinajstić information content (AvgIpc) is 2.82. The van der Waals surface area contributed by atoms with Gasteiger partial charge in [-0.3, -0.25) is 9.59 Å². The van der Waals surface area contributed by atoms with E-state index in [-0.39, 0.29) is 11.7 Å². The molecule has 1 N–H and O–H groups in total. The van der Waals surface area contributed by atoms with Crippen molar-refractivity contribution in [2.45, 2.75) is 33.6 Å². The summed E-state index contributed by atoms with van der Waals surface area (Å²) in [5, 5.41) is 2.87. The van der Waals surface area contributed by atoms with E-state index in [1.807, 2.05) is 25.1 Å². The maximum Gasteiger partial charge on any atom is 0.224 e. The first kappa shape index (κ1) is 16.7. The molecule has 0 unspecified atom stereocenters. The highest BCUT2D eigenvalue weighted by molar-refractivity contribution is 14.1. The molecule has 0 saturated heterocycles. The van der Waals surface area contributed by atoms with E-state index in [1.165, 1.54) is 12.5 Å². The molecule has 2 aromatic rings. The molecular weight excluding hydrogens is 393 g/mol. The topological polar surface area (TPSA) is 59.3 Å². The number of carbonyl (C=O) groups is 2. The third kappa shape index (κ3) is 4.19. The number of hydrogen-bond acceptors (Lipinski definition) is 3. The molecule has 5 heteroatoms. The number of carbonyl (C=O) groups excluding carboxylic acids is 2. The van der Waals surface area contributed by atoms with Gasteiger partial charge in [0.1, 0.15) is 11.5 Å². The zero-order valence-corrected chi connectivity index (χ0v) is 15.0. The van der Waals surface area contributed by atoms with Gasteiger partial charge in [-0.1, -0.05) is 6.07 Å². The van der Waals surface area contributed by atoms with Crippen molar-refractivity contribution in [3.05, 3.63) is 50.5 Å². The molecule has 1 amide bonds. The normalized spacial score (nSPS) is 10.5. The van der Waals surface area contributed by atoms with Crippen LogP contribution in [0.4, 0.5) is 5.69 Å². The molecule has 1 aromatic carbocycles. The first-order valence-corrected chi connectivity index (χ1v) is 8.11. The summed E-state index contributed by atoms with van der Waals surface area (Å²) in [6, 6.07) is 7.53. The minimum Gasteiger partial charge on any atom is -0.466 e. The van der Waals surface area contributed by atoms with Crippen molar-refractivity contribution in [1.82, 2.24) is 0 Å². The molecule has 0 radical (unpaired) electrons. The van der Waals surface area contributed by atoms with Crippen LogP contribution in [0.5, 0.6) is 0 Å². The molecule has 0 aliphatic heterocycles. The highest BCUT2D eigenvalue weighted by Crippen LogP contribution is 2.19. The predicted molar refractivity (Wildman–Crippen MR) is 94.3 cm³/mol. The largest absolute Gasteiger partial charge is 0.466 e. The Hall–Kier alpha value is -1.63. The van der Waals surface area contributed by atoms with Crippen molar-refractivity contribution in [2.24, 2.45) is 0 Å². The summed E-state index contributed by atoms with van der Waals surface area (Å²) >= 11 is 2.24. The SMILES string of the molecule is CC(=O)c1cc(CCC(=O)Nc2ccc(C)c(I)c2)oc1C. The molecule has 0 aliphatic rings. The molecule has 0 atom stereocenters. The van der Waals surface area contributed by atoms with E-state index in [0.717, 1.165) is 9.26 Å². The second kappa shape index (κ2) is 7.09. The molecule has 0 spiro atoms. The minimum absolute atomic E-state index is 0.0221. The summed E-state index contributed by atoms with van der Waals surface area (Å²) in [7, 11) is 0. The van der Waals surface area contributed by atoms with E-state index >= 15 is 0 Å². The molecular formula is C17H18INO3. The van der Waals surface area contributed by atoms with Gasteiger partial charge in [0.05, 0.1) is 5.56 Å². The molecule has 0 bridgehead atoms. The van der Waals surface area contributed by atoms with Crippen molar-refractivity contribution in [1.29, 1.82) is 0 Å². The van der Waals surface area contributed by atoms with Crippen molar-refractivity contribution < 1.29 is 14.0 Å². The lowest BCUT2D eigenvalue weighted by Gasteiger charge is -2.06. The summed E-state index contributed by atoms with van der Waals surface area (Å²) in [5.74, 6) is 1.18. The Morgan fingerprint density at radius 2 is 1.95 bits per heavy atom. The average molecular weight is 411 g/mol. The number of amides is 1. The second-order valence-corrected chi connectivity index (χ2v) is 6.41. The van der Waals surface area contributed by atoms with Gasteiger partial charge in [0.2, 0.25) is 5.91 Å². The maximum atomic E-state index is 12.0. The Morgan fingerprint density at radius 1 is 1.23 bits per heavy atom. The number of anilines is 1. The van der Waals surface area contributed by atoms with Crippen molar-refractivity contribution >= 4 is 40.0 Å². The van der Waals surface area contributed by atoms with E-state index in [4.69, 9.17) is 4.42 Å². The molecule has 22 heavy (non-hydrogen) atoms. The molecule has 1 heterocycles. The lowest BCUT2D eigenvalue weighted by atomic mass is 10.1. The number of hydrogen-bond donors (Lipinski definition) is 1. The Balaban J connectivity index is 1.94. The predicted octanol–water partition coefficient (Wildman–Crippen LogP) is 4.27. The van der Waals surface area contributed by atoms with Crippen LogP contribution in [-0.2, 0) is 11.2 Å². The molecule has 1 aromatic heterocycles. The van der Waals surface area contributed by atoms with Crippen LogP contribution >= 0.6 is 22.6 Å². The van der Waals surface area contributed by atoms with Crippen molar-refractivity contribution in [3.8, 4) is 0 Å². The summed E-state index contributed by atoms with van der Waals surface area (Å²) in [6.07, 6.45) is 0.789. The van der Waals surface area contributed by atoms with Crippen LogP contribution in [0.25, 0.3) is 0 Å². The van der Waals surface area contributed by atoms with Crippen LogP contribution in [0.3, 0.4) is 0 Å². The van der Waals surface area contributed by atoms with Gasteiger partial charge < -0.3 is 9.73 Å². The molecule has 2 rings (SSSR count). The standard InChI is InChI=1S/C17H18INO3/c1-10-4-5-13(8-16(10)18)19-17(21)7-6-14-9-15(11(2)20)12(3)22-14/h4-5,8-9H,6-7H2,1-3H3,(H,19,21). The van der Waals surface area contributed by atoms with Gasteiger partial charge in [-0.15, -0.1) is 0 Å². The summed E-state index contributed by atoms with van der Waals surface area (Å²) in [6.45, 7) is 5.29. The van der Waals surface area contributed by atoms with E-state index in [0.29, 0.717) is 29.9 Å². The van der Waals surface area contributed by atoms with E-state index < -0.39 is 0 Å². The van der Waals surface area contributed by atoms with Crippen molar-refractivity contribution in [2.75, 3.05) is 5.32 Å². The third-order valence-corrected chi connectivity index (χ3v) is 4.56. The molecule has 0 fully saturated rings. The van der Waals surface area contributed by atoms with Gasteiger partial charge in [-0.25, -0.2) is 0 Å². The highest BCUT2D eigenvalue weighted by atomic mass is 127. The third-order valence-electron chi connectivity index (χ3n) is 3.40. The van der Waals surface area contributed by atoms with E-state index in [1.54, 1.807) is 13.0 Å². The molecule has 4 nitrogen and oxygen atoms in total. The van der Waals surface area contributed by atoms with Crippen LogP contribution in [0, 0.1) is 17.4 Å². The smallest absolute Gasteiger partial charge is 0.224 e. The van der Waals surface area contributed by atoms with Gasteiger partial charge in [-0.2, -0.15) is 0 Å². The Labute approximate surface area is 143 Å². The maximum absolute atomic E-state index is 12.0. The number of nitrogens with one attached hydrogen (secondary N) is 1. The van der Waals surface area contributed by atoms with Crippen LogP contribution < -0.4 is 5.32 Å². The van der Waals surface area contributed by atoms with Gasteiger partial charge in [-0.05, 0) is 67.1 Å². The Morgan fingerprint density at radius 3 is 2.55 bits per heavy atom. The zero-order chi connectivity index (χ0) is 16.3. The monoisotopic (exact) mass is 411 g/mol. The number of aryl methyl sites for hydroxylation is 3. The molecule has 0 aliphatic carbocycles. The lowest BCUT2D eigenvalue weighted by Crippen LogP contribution is -2.12. The number of Topliss-reactive ketones (excluding diaryl/α,β-unsaturated/α-hetero) is 1. The summed E-state index contributed by atoms with van der Waals surface area (Å²) in [5.41, 5.74) is 2.56. The number of benzene rings is 1. The minimum atomic E-state index is -0.0712. The lowest BCUT2D eigenvalue weighted by molar-refractivity contribution is -0.116. The van der Waals surface area contributed by atoms with Crippen LogP contribution in [-0.4, -0.2) is 11.7 Å². The number of rotatable bonds is 5. The van der Waals surface area contributed by atoms with Gasteiger partial charge >= 0.3 is 0 Å². The molecule has 0 saturated carbocycles. The van der Waals surface area contributed by atoms with Crippen LogP contribution in [0.2, 0.25) is 0 Å². The van der Waals surface area contributed by atoms with Crippen LogP contribution in [0.15, 0.2) is 28.7 Å². The zero-order valence-electron chi connectivity index (χ0n) is 12.8. The fourth-order valence-corrected chi connectivity index (χ4v) is 2.66. The summed E-state index contributed by atoms with van der Waals surface area (Å²) in [4.78, 5) is 23.4. The van der Waals surface area contributed by atoms with E-state index in [2.05, 4.69) is 27.9 Å². The van der Waals surface area contributed by atoms with Crippen molar-refractivity contribution in [3.63, 3.8) is 0 Å². The molecule has 116 valence electrons. The van der Waals surface area contributed by atoms with Gasteiger partial charge in [0, 0.05) is 22.1 Å². The Kier molecular flexibility index (Phi) is 5.39. The fourth-order valence-electron chi connectivity index (χ4n) is 2.15. The first-order chi connectivity index (χ1) is 10.4. The Bertz CT molecular complexity index is 719. The van der Waals surface area contributed by atoms with E-state index in [9.17, 15) is 9.59 Å². The van der Waals surface area contributed by atoms with Gasteiger partial charge in [0.15, 0.2) is 5.78 Å². The quantitative estimate of drug-likeness (QED) is 0.591. The van der Waals surface area contributed by atoms with Crippen LogP contribution in [0.1, 0.15) is 40.8 Å². The highest BCUT2D eigenvalue weighted by Gasteiger charge is 2.12. The number of ketones is 1. The summed E-state index contributed by atoms with van der Waals surface area (Å²) < 4.78 is 6.62. The second-order valence-electron chi connectivity index (χ2n) is 5.25.